The highest BCUT2D eigenvalue weighted by molar-refractivity contribution is 7.19. The number of rotatable bonds is 10. The van der Waals surface area contributed by atoms with Crippen LogP contribution < -0.4 is 0 Å². The van der Waals surface area contributed by atoms with Crippen molar-refractivity contribution in [2.45, 2.75) is 83.7 Å². The molecule has 0 bridgehead atoms. The average Bonchev–Trinajstić information content (AvgIpc) is 3.18. The summed E-state index contributed by atoms with van der Waals surface area (Å²) in [7, 11) is 0. The first-order valence-corrected chi connectivity index (χ1v) is 11.2. The Morgan fingerprint density at radius 1 is 1.00 bits per heavy atom. The van der Waals surface area contributed by atoms with Crippen molar-refractivity contribution in [2.24, 2.45) is 11.8 Å². The van der Waals surface area contributed by atoms with Gasteiger partial charge in [0.2, 0.25) is 0 Å². The zero-order valence-electron chi connectivity index (χ0n) is 15.8. The molecule has 1 aliphatic rings. The molecule has 3 atom stereocenters. The van der Waals surface area contributed by atoms with Gasteiger partial charge in [0.15, 0.2) is 0 Å². The summed E-state index contributed by atoms with van der Waals surface area (Å²) in [5.74, 6) is 1.33. The van der Waals surface area contributed by atoms with E-state index < -0.39 is 0 Å². The molecule has 1 N–H and O–H groups in total. The molecule has 0 radical (unpaired) electrons. The zero-order chi connectivity index (χ0) is 17.5. The first kappa shape index (κ1) is 18.9. The molecule has 25 heavy (non-hydrogen) atoms. The number of hydrogen-bond acceptors (Lipinski definition) is 2. The van der Waals surface area contributed by atoms with E-state index >= 15 is 0 Å². The Bertz CT molecular complexity index is 599. The lowest BCUT2D eigenvalue weighted by Crippen LogP contribution is -2.19. The predicted octanol–water partition coefficient (Wildman–Crippen LogP) is 6.97. The summed E-state index contributed by atoms with van der Waals surface area (Å²) in [5, 5.41) is 11.8. The second kappa shape index (κ2) is 9.73. The predicted molar refractivity (Wildman–Crippen MR) is 110 cm³/mol. The van der Waals surface area contributed by atoms with Crippen LogP contribution in [0.15, 0.2) is 30.3 Å². The van der Waals surface area contributed by atoms with Gasteiger partial charge < -0.3 is 5.11 Å². The molecular formula is C23H34OS. The highest BCUT2D eigenvalue weighted by Crippen LogP contribution is 2.39. The summed E-state index contributed by atoms with van der Waals surface area (Å²) < 4.78 is 1.42. The van der Waals surface area contributed by atoms with Gasteiger partial charge in [0.25, 0.3) is 0 Å². The van der Waals surface area contributed by atoms with E-state index in [1.54, 1.807) is 0 Å². The largest absolute Gasteiger partial charge is 0.393 e. The minimum absolute atomic E-state index is 0.0273. The van der Waals surface area contributed by atoms with Crippen LogP contribution in [0.4, 0.5) is 0 Å². The molecule has 1 aromatic carbocycles. The maximum Gasteiger partial charge on any atom is 0.0571 e. The Kier molecular flexibility index (Phi) is 7.36. The Balaban J connectivity index is 1.43. The van der Waals surface area contributed by atoms with Crippen molar-refractivity contribution in [2.75, 3.05) is 0 Å². The van der Waals surface area contributed by atoms with E-state index in [1.807, 2.05) is 11.3 Å². The van der Waals surface area contributed by atoms with E-state index in [9.17, 15) is 5.11 Å². The van der Waals surface area contributed by atoms with Gasteiger partial charge in [0, 0.05) is 9.58 Å². The van der Waals surface area contributed by atoms with Gasteiger partial charge in [-0.05, 0) is 67.9 Å². The number of thiophene rings is 1. The minimum atomic E-state index is -0.0273. The van der Waals surface area contributed by atoms with Crippen LogP contribution in [0, 0.1) is 11.8 Å². The fraction of sp³-hybridized carbons (Fsp3) is 0.652. The second-order valence-electron chi connectivity index (χ2n) is 7.91. The third kappa shape index (κ3) is 5.31. The van der Waals surface area contributed by atoms with E-state index in [0.717, 1.165) is 12.3 Å². The Hall–Kier alpha value is -0.860. The summed E-state index contributed by atoms with van der Waals surface area (Å²) in [6.07, 6.45) is 14.0. The van der Waals surface area contributed by atoms with E-state index in [-0.39, 0.29) is 6.10 Å². The molecule has 0 aliphatic heterocycles. The fourth-order valence-corrected chi connectivity index (χ4v) is 5.70. The van der Waals surface area contributed by atoms with Crippen molar-refractivity contribution < 1.29 is 5.11 Å². The van der Waals surface area contributed by atoms with Crippen molar-refractivity contribution in [3.05, 3.63) is 35.2 Å². The van der Waals surface area contributed by atoms with Gasteiger partial charge in [-0.15, -0.1) is 11.3 Å². The molecule has 1 nitrogen and oxygen atoms in total. The van der Waals surface area contributed by atoms with E-state index in [0.29, 0.717) is 5.92 Å². The first-order chi connectivity index (χ1) is 12.3. The Morgan fingerprint density at radius 3 is 2.68 bits per heavy atom. The second-order valence-corrected chi connectivity index (χ2v) is 9.08. The highest BCUT2D eigenvalue weighted by Gasteiger charge is 2.33. The number of aliphatic hydroxyl groups is 1. The molecule has 1 aliphatic carbocycles. The number of aryl methyl sites for hydroxylation is 1. The lowest BCUT2D eigenvalue weighted by atomic mass is 9.86. The maximum atomic E-state index is 10.4. The van der Waals surface area contributed by atoms with Crippen LogP contribution in [-0.2, 0) is 6.42 Å². The summed E-state index contributed by atoms with van der Waals surface area (Å²) in [4.78, 5) is 1.52. The molecule has 3 rings (SSSR count). The third-order valence-electron chi connectivity index (χ3n) is 6.05. The third-order valence-corrected chi connectivity index (χ3v) is 7.22. The fourth-order valence-electron chi connectivity index (χ4n) is 4.60. The standard InChI is InChI=1S/C23H34OS/c1-2-3-4-5-6-13-21-18(15-16-22(21)24)11-9-12-20-17-19-10-7-8-14-23(19)25-20/h7-8,10,14,17-18,21-22,24H,2-6,9,11-13,15-16H2,1H3/t18-,21+,22-/m0/s1. The molecule has 138 valence electrons. The highest BCUT2D eigenvalue weighted by atomic mass is 32.1. The summed E-state index contributed by atoms with van der Waals surface area (Å²) >= 11 is 1.95. The van der Waals surface area contributed by atoms with Crippen LogP contribution in [-0.4, -0.2) is 11.2 Å². The number of hydrogen-bond donors (Lipinski definition) is 1. The molecule has 0 saturated heterocycles. The first-order valence-electron chi connectivity index (χ1n) is 10.4. The smallest absolute Gasteiger partial charge is 0.0571 e. The number of aliphatic hydroxyl groups excluding tert-OH is 1. The van der Waals surface area contributed by atoms with Crippen LogP contribution >= 0.6 is 11.3 Å². The SMILES string of the molecule is CCCCCCC[C@@H]1[C@@H](CCCc2cc3ccccc3s2)CC[C@@H]1O. The van der Waals surface area contributed by atoms with Crippen LogP contribution in [0.1, 0.15) is 76.0 Å². The van der Waals surface area contributed by atoms with Crippen molar-refractivity contribution in [1.82, 2.24) is 0 Å². The molecule has 1 fully saturated rings. The lowest BCUT2D eigenvalue weighted by Gasteiger charge is -2.22. The molecule has 1 aromatic heterocycles. The molecule has 2 aromatic rings. The molecule has 2 heteroatoms. The Labute approximate surface area is 157 Å². The number of fused-ring (bicyclic) bond motifs is 1. The summed E-state index contributed by atoms with van der Waals surface area (Å²) in [6, 6.07) is 11.1. The normalized spacial score (nSPS) is 23.5. The zero-order valence-corrected chi connectivity index (χ0v) is 16.6. The van der Waals surface area contributed by atoms with Crippen molar-refractivity contribution >= 4 is 21.4 Å². The summed E-state index contributed by atoms with van der Waals surface area (Å²) in [6.45, 7) is 2.27. The van der Waals surface area contributed by atoms with Crippen LogP contribution in [0.2, 0.25) is 0 Å². The number of benzene rings is 1. The van der Waals surface area contributed by atoms with Gasteiger partial charge >= 0.3 is 0 Å². The topological polar surface area (TPSA) is 20.2 Å². The lowest BCUT2D eigenvalue weighted by molar-refractivity contribution is 0.107. The monoisotopic (exact) mass is 358 g/mol. The van der Waals surface area contributed by atoms with E-state index in [1.165, 1.54) is 79.2 Å². The number of unbranched alkanes of at least 4 members (excludes halogenated alkanes) is 4. The van der Waals surface area contributed by atoms with Crippen molar-refractivity contribution in [3.8, 4) is 0 Å². The van der Waals surface area contributed by atoms with Crippen LogP contribution in [0.5, 0.6) is 0 Å². The van der Waals surface area contributed by atoms with Crippen molar-refractivity contribution in [3.63, 3.8) is 0 Å². The van der Waals surface area contributed by atoms with Gasteiger partial charge in [-0.2, -0.15) is 0 Å². The molecule has 1 heterocycles. The molecular weight excluding hydrogens is 324 g/mol. The maximum absolute atomic E-state index is 10.4. The van der Waals surface area contributed by atoms with Gasteiger partial charge in [-0.25, -0.2) is 0 Å². The van der Waals surface area contributed by atoms with Crippen LogP contribution in [0.25, 0.3) is 10.1 Å². The molecule has 0 spiro atoms. The average molecular weight is 359 g/mol. The molecule has 0 unspecified atom stereocenters. The molecule has 0 amide bonds. The molecule has 1 saturated carbocycles. The summed E-state index contributed by atoms with van der Waals surface area (Å²) in [5.41, 5.74) is 0. The van der Waals surface area contributed by atoms with Crippen molar-refractivity contribution in [1.29, 1.82) is 0 Å². The van der Waals surface area contributed by atoms with Gasteiger partial charge in [-0.1, -0.05) is 57.2 Å². The van der Waals surface area contributed by atoms with E-state index in [2.05, 4.69) is 37.3 Å². The van der Waals surface area contributed by atoms with E-state index in [4.69, 9.17) is 0 Å². The van der Waals surface area contributed by atoms with Gasteiger partial charge in [0.05, 0.1) is 6.10 Å². The quantitative estimate of drug-likeness (QED) is 0.455. The van der Waals surface area contributed by atoms with Crippen LogP contribution in [0.3, 0.4) is 0 Å². The van der Waals surface area contributed by atoms with Gasteiger partial charge in [-0.3, -0.25) is 0 Å². The minimum Gasteiger partial charge on any atom is -0.393 e. The Morgan fingerprint density at radius 2 is 1.84 bits per heavy atom. The van der Waals surface area contributed by atoms with Gasteiger partial charge in [0.1, 0.15) is 0 Å².